The zero-order valence-electron chi connectivity index (χ0n) is 11.1. The average molecular weight is 243 g/mol. The van der Waals surface area contributed by atoms with Crippen molar-refractivity contribution in [1.29, 1.82) is 0 Å². The van der Waals surface area contributed by atoms with Gasteiger partial charge in [0, 0.05) is 12.5 Å². The van der Waals surface area contributed by atoms with Crippen molar-refractivity contribution in [3.05, 3.63) is 60.1 Å². The van der Waals surface area contributed by atoms with Crippen molar-refractivity contribution in [1.82, 2.24) is 5.32 Å². The van der Waals surface area contributed by atoms with Crippen LogP contribution in [-0.4, -0.2) is 6.54 Å². The van der Waals surface area contributed by atoms with Gasteiger partial charge in [-0.1, -0.05) is 44.2 Å². The molecule has 1 aromatic carbocycles. The van der Waals surface area contributed by atoms with E-state index in [1.54, 1.807) is 6.26 Å². The molecule has 2 atom stereocenters. The van der Waals surface area contributed by atoms with Crippen molar-refractivity contribution in [3.63, 3.8) is 0 Å². The molecule has 0 aliphatic rings. The first-order chi connectivity index (χ1) is 8.81. The van der Waals surface area contributed by atoms with Gasteiger partial charge in [-0.05, 0) is 30.2 Å². The fourth-order valence-electron chi connectivity index (χ4n) is 2.39. The van der Waals surface area contributed by atoms with E-state index in [1.807, 2.05) is 12.1 Å². The summed E-state index contributed by atoms with van der Waals surface area (Å²) in [6.45, 7) is 5.39. The molecule has 2 heteroatoms. The van der Waals surface area contributed by atoms with Crippen LogP contribution in [0.2, 0.25) is 0 Å². The Hall–Kier alpha value is -1.54. The SMILES string of the molecule is CCNC(c1ccccc1)C(C)Cc1ccco1. The number of benzene rings is 1. The van der Waals surface area contributed by atoms with Gasteiger partial charge in [0.05, 0.1) is 6.26 Å². The zero-order valence-corrected chi connectivity index (χ0v) is 11.1. The van der Waals surface area contributed by atoms with Crippen LogP contribution in [0.4, 0.5) is 0 Å². The Morgan fingerprint density at radius 3 is 2.50 bits per heavy atom. The first-order valence-electron chi connectivity index (χ1n) is 6.62. The third-order valence-corrected chi connectivity index (χ3v) is 3.26. The van der Waals surface area contributed by atoms with Gasteiger partial charge in [-0.15, -0.1) is 0 Å². The highest BCUT2D eigenvalue weighted by atomic mass is 16.3. The molecule has 0 radical (unpaired) electrons. The minimum atomic E-state index is 0.376. The molecule has 18 heavy (non-hydrogen) atoms. The van der Waals surface area contributed by atoms with Gasteiger partial charge >= 0.3 is 0 Å². The first kappa shape index (κ1) is 12.9. The Morgan fingerprint density at radius 1 is 1.11 bits per heavy atom. The molecule has 0 amide bonds. The van der Waals surface area contributed by atoms with E-state index in [2.05, 4.69) is 49.5 Å². The molecular weight excluding hydrogens is 222 g/mol. The van der Waals surface area contributed by atoms with Gasteiger partial charge in [-0.25, -0.2) is 0 Å². The summed E-state index contributed by atoms with van der Waals surface area (Å²) >= 11 is 0. The highest BCUT2D eigenvalue weighted by Crippen LogP contribution is 2.25. The summed E-state index contributed by atoms with van der Waals surface area (Å²) in [6.07, 6.45) is 2.70. The molecule has 1 aromatic heterocycles. The van der Waals surface area contributed by atoms with Crippen LogP contribution in [0.5, 0.6) is 0 Å². The number of rotatable bonds is 6. The van der Waals surface area contributed by atoms with Crippen molar-refractivity contribution >= 4 is 0 Å². The van der Waals surface area contributed by atoms with Crippen molar-refractivity contribution in [3.8, 4) is 0 Å². The van der Waals surface area contributed by atoms with E-state index in [0.29, 0.717) is 12.0 Å². The number of furan rings is 1. The highest BCUT2D eigenvalue weighted by Gasteiger charge is 2.19. The highest BCUT2D eigenvalue weighted by molar-refractivity contribution is 5.20. The predicted octanol–water partition coefficient (Wildman–Crippen LogP) is 3.81. The third kappa shape index (κ3) is 3.23. The van der Waals surface area contributed by atoms with E-state index < -0.39 is 0 Å². The molecule has 0 fully saturated rings. The zero-order chi connectivity index (χ0) is 12.8. The molecular formula is C16H21NO. The summed E-state index contributed by atoms with van der Waals surface area (Å²) < 4.78 is 5.44. The van der Waals surface area contributed by atoms with Gasteiger partial charge in [-0.2, -0.15) is 0 Å². The van der Waals surface area contributed by atoms with Gasteiger partial charge < -0.3 is 9.73 Å². The molecule has 0 aliphatic carbocycles. The summed E-state index contributed by atoms with van der Waals surface area (Å²) in [5.74, 6) is 1.56. The lowest BCUT2D eigenvalue weighted by atomic mass is 9.91. The van der Waals surface area contributed by atoms with Crippen molar-refractivity contribution in [2.45, 2.75) is 26.3 Å². The standard InChI is InChI=1S/C16H21NO/c1-3-17-16(14-8-5-4-6-9-14)13(2)12-15-10-7-11-18-15/h4-11,13,16-17H,3,12H2,1-2H3. The predicted molar refractivity (Wildman–Crippen MR) is 74.4 cm³/mol. The molecule has 0 aliphatic heterocycles. The van der Waals surface area contributed by atoms with Gasteiger partial charge in [-0.3, -0.25) is 0 Å². The molecule has 2 nitrogen and oxygen atoms in total. The van der Waals surface area contributed by atoms with E-state index in [-0.39, 0.29) is 0 Å². The molecule has 0 spiro atoms. The minimum Gasteiger partial charge on any atom is -0.469 e. The topological polar surface area (TPSA) is 25.2 Å². The normalized spacial score (nSPS) is 14.3. The van der Waals surface area contributed by atoms with Crippen molar-refractivity contribution in [2.24, 2.45) is 5.92 Å². The van der Waals surface area contributed by atoms with Crippen LogP contribution >= 0.6 is 0 Å². The molecule has 0 saturated carbocycles. The van der Waals surface area contributed by atoms with Crippen LogP contribution in [0, 0.1) is 5.92 Å². The summed E-state index contributed by atoms with van der Waals surface area (Å²) in [7, 11) is 0. The Bertz CT molecular complexity index is 435. The number of nitrogens with one attached hydrogen (secondary N) is 1. The van der Waals surface area contributed by atoms with Crippen LogP contribution in [0.1, 0.15) is 31.2 Å². The molecule has 2 aromatic rings. The quantitative estimate of drug-likeness (QED) is 0.834. The van der Waals surface area contributed by atoms with Gasteiger partial charge in [0.15, 0.2) is 0 Å². The monoisotopic (exact) mass is 243 g/mol. The Morgan fingerprint density at radius 2 is 1.89 bits per heavy atom. The second kappa shape index (κ2) is 6.41. The van der Waals surface area contributed by atoms with Crippen molar-refractivity contribution < 1.29 is 4.42 Å². The summed E-state index contributed by atoms with van der Waals surface area (Å²) in [6, 6.07) is 15.0. The van der Waals surface area contributed by atoms with Gasteiger partial charge in [0.25, 0.3) is 0 Å². The molecule has 1 heterocycles. The average Bonchev–Trinajstić information content (AvgIpc) is 2.89. The lowest BCUT2D eigenvalue weighted by molar-refractivity contribution is 0.362. The van der Waals surface area contributed by atoms with E-state index in [9.17, 15) is 0 Å². The van der Waals surface area contributed by atoms with E-state index in [1.165, 1.54) is 5.56 Å². The molecule has 2 unspecified atom stereocenters. The first-order valence-corrected chi connectivity index (χ1v) is 6.62. The molecule has 0 bridgehead atoms. The van der Waals surface area contributed by atoms with Gasteiger partial charge in [0.1, 0.15) is 5.76 Å². The number of hydrogen-bond acceptors (Lipinski definition) is 2. The molecule has 1 N–H and O–H groups in total. The molecule has 96 valence electrons. The Balaban J connectivity index is 2.09. The summed E-state index contributed by atoms with van der Waals surface area (Å²) in [5.41, 5.74) is 1.35. The van der Waals surface area contributed by atoms with Crippen LogP contribution in [0.3, 0.4) is 0 Å². The Kier molecular flexibility index (Phi) is 4.59. The van der Waals surface area contributed by atoms with Crippen molar-refractivity contribution in [2.75, 3.05) is 6.54 Å². The fourth-order valence-corrected chi connectivity index (χ4v) is 2.39. The van der Waals surface area contributed by atoms with Crippen LogP contribution in [0.25, 0.3) is 0 Å². The lowest BCUT2D eigenvalue weighted by Crippen LogP contribution is -2.27. The smallest absolute Gasteiger partial charge is 0.104 e. The van der Waals surface area contributed by atoms with Crippen LogP contribution < -0.4 is 5.32 Å². The Labute approximate surface area is 109 Å². The molecule has 2 rings (SSSR count). The maximum atomic E-state index is 5.44. The fraction of sp³-hybridized carbons (Fsp3) is 0.375. The lowest BCUT2D eigenvalue weighted by Gasteiger charge is -2.24. The van der Waals surface area contributed by atoms with Gasteiger partial charge in [0.2, 0.25) is 0 Å². The van der Waals surface area contributed by atoms with E-state index in [4.69, 9.17) is 4.42 Å². The van der Waals surface area contributed by atoms with Crippen LogP contribution in [0.15, 0.2) is 53.1 Å². The maximum absolute atomic E-state index is 5.44. The second-order valence-electron chi connectivity index (χ2n) is 4.71. The second-order valence-corrected chi connectivity index (χ2v) is 4.71. The van der Waals surface area contributed by atoms with E-state index >= 15 is 0 Å². The van der Waals surface area contributed by atoms with E-state index in [0.717, 1.165) is 18.7 Å². The maximum Gasteiger partial charge on any atom is 0.104 e. The van der Waals surface area contributed by atoms with Crippen LogP contribution in [-0.2, 0) is 6.42 Å². The molecule has 0 saturated heterocycles. The third-order valence-electron chi connectivity index (χ3n) is 3.26. The largest absolute Gasteiger partial charge is 0.469 e. The number of hydrogen-bond donors (Lipinski definition) is 1. The summed E-state index contributed by atoms with van der Waals surface area (Å²) in [4.78, 5) is 0. The minimum absolute atomic E-state index is 0.376. The summed E-state index contributed by atoms with van der Waals surface area (Å²) in [5, 5.41) is 3.57.